The lowest BCUT2D eigenvalue weighted by Crippen LogP contribution is -2.34. The maximum Gasteiger partial charge on any atom is 0.381 e. The van der Waals surface area contributed by atoms with Crippen molar-refractivity contribution in [1.29, 1.82) is 5.26 Å². The molecule has 2 rings (SSSR count). The van der Waals surface area contributed by atoms with Gasteiger partial charge in [-0.3, -0.25) is 4.79 Å². The topological polar surface area (TPSA) is 105 Å². The molecule has 8 heteroatoms. The van der Waals surface area contributed by atoms with Crippen molar-refractivity contribution in [2.75, 3.05) is 11.4 Å². The molecule has 0 aliphatic heterocycles. The Balaban J connectivity index is 2.22. The molecule has 0 aliphatic rings. The first-order valence-electron chi connectivity index (χ1n) is 7.33. The highest BCUT2D eigenvalue weighted by atomic mass is 16.6. The Morgan fingerprint density at radius 1 is 1.42 bits per heavy atom. The molecular weight excluding hydrogens is 310 g/mol. The van der Waals surface area contributed by atoms with Crippen LogP contribution in [0.1, 0.15) is 17.5 Å². The van der Waals surface area contributed by atoms with Crippen LogP contribution in [-0.4, -0.2) is 26.9 Å². The van der Waals surface area contributed by atoms with Crippen molar-refractivity contribution in [3.8, 4) is 6.07 Å². The van der Waals surface area contributed by atoms with Crippen LogP contribution in [0.5, 0.6) is 0 Å². The molecule has 24 heavy (non-hydrogen) atoms. The zero-order valence-electron chi connectivity index (χ0n) is 13.5. The van der Waals surface area contributed by atoms with Gasteiger partial charge in [-0.25, -0.2) is 0 Å². The number of rotatable bonds is 6. The van der Waals surface area contributed by atoms with Gasteiger partial charge in [0.25, 0.3) is 0 Å². The lowest BCUT2D eigenvalue weighted by Gasteiger charge is -2.22. The quantitative estimate of drug-likeness (QED) is 0.598. The van der Waals surface area contributed by atoms with Crippen LogP contribution in [0.3, 0.4) is 0 Å². The molecule has 0 bridgehead atoms. The second-order valence-corrected chi connectivity index (χ2v) is 5.38. The molecule has 0 saturated heterocycles. The van der Waals surface area contributed by atoms with Crippen LogP contribution >= 0.6 is 0 Å². The summed E-state index contributed by atoms with van der Waals surface area (Å²) in [5.74, 6) is -0.571. The molecular formula is C16H17N5O3. The maximum absolute atomic E-state index is 12.6. The van der Waals surface area contributed by atoms with Gasteiger partial charge < -0.3 is 19.6 Å². The van der Waals surface area contributed by atoms with Crippen LogP contribution in [0.15, 0.2) is 30.7 Å². The second-order valence-electron chi connectivity index (χ2n) is 5.38. The molecule has 1 amide bonds. The summed E-state index contributed by atoms with van der Waals surface area (Å²) in [6.45, 7) is 4.10. The SMILES string of the molecule is Cc1ccc(N(CCC#N)C(=O)Cn2cnc([N+](=O)[O-])c2)cc1C. The number of nitrogens with zero attached hydrogens (tertiary/aromatic N) is 5. The molecule has 0 unspecified atom stereocenters. The Morgan fingerprint density at radius 2 is 2.17 bits per heavy atom. The Morgan fingerprint density at radius 3 is 2.75 bits per heavy atom. The minimum Gasteiger partial charge on any atom is -0.358 e. The first kappa shape index (κ1) is 17.1. The van der Waals surface area contributed by atoms with Crippen LogP contribution in [0.2, 0.25) is 0 Å². The van der Waals surface area contributed by atoms with Gasteiger partial charge in [0, 0.05) is 12.2 Å². The van der Waals surface area contributed by atoms with E-state index in [2.05, 4.69) is 4.98 Å². The highest BCUT2D eigenvalue weighted by Gasteiger charge is 2.18. The van der Waals surface area contributed by atoms with Crippen LogP contribution in [-0.2, 0) is 11.3 Å². The summed E-state index contributed by atoms with van der Waals surface area (Å²) in [7, 11) is 0. The van der Waals surface area contributed by atoms with Crippen molar-refractivity contribution < 1.29 is 9.72 Å². The van der Waals surface area contributed by atoms with E-state index in [1.165, 1.54) is 22.0 Å². The fraction of sp³-hybridized carbons (Fsp3) is 0.312. The number of carbonyl (C=O) groups excluding carboxylic acids is 1. The van der Waals surface area contributed by atoms with Crippen molar-refractivity contribution in [1.82, 2.24) is 9.55 Å². The average Bonchev–Trinajstić information content (AvgIpc) is 3.00. The minimum atomic E-state index is -0.613. The number of aromatic nitrogens is 2. The van der Waals surface area contributed by atoms with Crippen LogP contribution in [0, 0.1) is 35.3 Å². The van der Waals surface area contributed by atoms with E-state index in [9.17, 15) is 14.9 Å². The minimum absolute atomic E-state index is 0.0841. The van der Waals surface area contributed by atoms with Crippen LogP contribution < -0.4 is 4.90 Å². The number of amides is 1. The lowest BCUT2D eigenvalue weighted by atomic mass is 10.1. The van der Waals surface area contributed by atoms with Gasteiger partial charge in [0.15, 0.2) is 0 Å². The zero-order chi connectivity index (χ0) is 17.7. The normalized spacial score (nSPS) is 10.2. The summed E-state index contributed by atoms with van der Waals surface area (Å²) < 4.78 is 1.36. The number of hydrogen-bond acceptors (Lipinski definition) is 5. The van der Waals surface area contributed by atoms with E-state index in [4.69, 9.17) is 5.26 Å². The summed E-state index contributed by atoms with van der Waals surface area (Å²) in [6, 6.07) is 7.66. The lowest BCUT2D eigenvalue weighted by molar-refractivity contribution is -0.389. The van der Waals surface area contributed by atoms with E-state index in [1.54, 1.807) is 0 Å². The van der Waals surface area contributed by atoms with Crippen molar-refractivity contribution in [2.45, 2.75) is 26.8 Å². The van der Waals surface area contributed by atoms with Gasteiger partial charge in [0.1, 0.15) is 12.7 Å². The van der Waals surface area contributed by atoms with E-state index in [0.717, 1.165) is 11.1 Å². The number of anilines is 1. The predicted molar refractivity (Wildman–Crippen MR) is 87.4 cm³/mol. The van der Waals surface area contributed by atoms with Gasteiger partial charge in [-0.05, 0) is 47.0 Å². The van der Waals surface area contributed by atoms with Crippen molar-refractivity contribution >= 4 is 17.4 Å². The smallest absolute Gasteiger partial charge is 0.358 e. The molecule has 1 aromatic carbocycles. The number of nitriles is 1. The zero-order valence-corrected chi connectivity index (χ0v) is 13.5. The third-order valence-corrected chi connectivity index (χ3v) is 3.67. The van der Waals surface area contributed by atoms with E-state index in [-0.39, 0.29) is 31.2 Å². The summed E-state index contributed by atoms with van der Waals surface area (Å²) in [5.41, 5.74) is 2.85. The molecule has 1 heterocycles. The summed E-state index contributed by atoms with van der Waals surface area (Å²) in [4.78, 5) is 27.8. The highest BCUT2D eigenvalue weighted by Crippen LogP contribution is 2.20. The maximum atomic E-state index is 12.6. The standard InChI is InChI=1S/C16H17N5O3/c1-12-4-5-14(8-13(12)2)20(7-3-6-17)16(22)10-19-9-15(18-11-19)21(23)24/h4-5,8-9,11H,3,7,10H2,1-2H3. The van der Waals surface area contributed by atoms with Crippen LogP contribution in [0.4, 0.5) is 11.5 Å². The number of nitro groups is 1. The third-order valence-electron chi connectivity index (χ3n) is 3.67. The first-order valence-corrected chi connectivity index (χ1v) is 7.33. The number of hydrogen-bond donors (Lipinski definition) is 0. The molecule has 0 saturated carbocycles. The molecule has 0 atom stereocenters. The molecule has 0 radical (unpaired) electrons. The summed E-state index contributed by atoms with van der Waals surface area (Å²) >= 11 is 0. The predicted octanol–water partition coefficient (Wildman–Crippen LogP) is 2.36. The number of benzene rings is 1. The Labute approximate surface area is 139 Å². The fourth-order valence-electron chi connectivity index (χ4n) is 2.22. The fourth-order valence-corrected chi connectivity index (χ4v) is 2.22. The number of carbonyl (C=O) groups is 1. The van der Waals surface area contributed by atoms with Crippen LogP contribution in [0.25, 0.3) is 0 Å². The van der Waals surface area contributed by atoms with E-state index in [1.807, 2.05) is 38.1 Å². The molecule has 124 valence electrons. The number of imidazole rings is 1. The van der Waals surface area contributed by atoms with Gasteiger partial charge >= 0.3 is 5.82 Å². The number of aryl methyl sites for hydroxylation is 2. The molecule has 0 aliphatic carbocycles. The third kappa shape index (κ3) is 3.95. The van der Waals surface area contributed by atoms with Gasteiger partial charge in [-0.2, -0.15) is 5.26 Å². The monoisotopic (exact) mass is 327 g/mol. The molecule has 2 aromatic rings. The van der Waals surface area contributed by atoms with E-state index < -0.39 is 4.92 Å². The highest BCUT2D eigenvalue weighted by molar-refractivity contribution is 5.93. The molecule has 0 N–H and O–H groups in total. The summed E-state index contributed by atoms with van der Waals surface area (Å²) in [5, 5.41) is 19.5. The molecule has 0 spiro atoms. The van der Waals surface area contributed by atoms with Gasteiger partial charge in [-0.1, -0.05) is 6.07 Å². The molecule has 1 aromatic heterocycles. The molecule has 0 fully saturated rings. The van der Waals surface area contributed by atoms with Crippen molar-refractivity contribution in [2.24, 2.45) is 0 Å². The average molecular weight is 327 g/mol. The molecule has 8 nitrogen and oxygen atoms in total. The van der Waals surface area contributed by atoms with E-state index in [0.29, 0.717) is 5.69 Å². The van der Waals surface area contributed by atoms with Gasteiger partial charge in [0.2, 0.25) is 12.2 Å². The van der Waals surface area contributed by atoms with Gasteiger partial charge in [0.05, 0.1) is 12.5 Å². The second kappa shape index (κ2) is 7.37. The van der Waals surface area contributed by atoms with Crippen molar-refractivity contribution in [3.05, 3.63) is 52.0 Å². The van der Waals surface area contributed by atoms with Crippen molar-refractivity contribution in [3.63, 3.8) is 0 Å². The Hall–Kier alpha value is -3.21. The van der Waals surface area contributed by atoms with E-state index >= 15 is 0 Å². The first-order chi connectivity index (χ1) is 11.4. The Kier molecular flexibility index (Phi) is 5.27. The summed E-state index contributed by atoms with van der Waals surface area (Å²) in [6.07, 6.45) is 2.66. The largest absolute Gasteiger partial charge is 0.381 e. The Bertz CT molecular complexity index is 806. The van der Waals surface area contributed by atoms with Gasteiger partial charge in [-0.15, -0.1) is 0 Å².